The number of nitrogens with zero attached hydrogens (tertiary/aromatic N) is 1. The summed E-state index contributed by atoms with van der Waals surface area (Å²) in [6.45, 7) is 2.33. The summed E-state index contributed by atoms with van der Waals surface area (Å²) in [5.41, 5.74) is 6.94. The molecule has 2 N–H and O–H groups in total. The molecule has 1 aromatic carbocycles. The number of benzene rings is 1. The minimum Gasteiger partial charge on any atom is -0.495 e. The number of rotatable bonds is 4. The Bertz CT molecular complexity index is 468. The Balaban J connectivity index is 2.02. The fourth-order valence-electron chi connectivity index (χ4n) is 2.57. The Kier molecular flexibility index (Phi) is 4.84. The van der Waals surface area contributed by atoms with E-state index in [2.05, 4.69) is 0 Å². The van der Waals surface area contributed by atoms with Gasteiger partial charge in [0.2, 0.25) is 0 Å². The van der Waals surface area contributed by atoms with Crippen LogP contribution in [0.15, 0.2) is 18.2 Å². The average molecular weight is 278 g/mol. The highest BCUT2D eigenvalue weighted by Gasteiger charge is 2.23. The second-order valence-corrected chi connectivity index (χ2v) is 5.15. The second-order valence-electron chi connectivity index (χ2n) is 5.15. The Morgan fingerprint density at radius 1 is 1.35 bits per heavy atom. The van der Waals surface area contributed by atoms with Gasteiger partial charge < -0.3 is 20.1 Å². The topological polar surface area (TPSA) is 64.8 Å². The summed E-state index contributed by atoms with van der Waals surface area (Å²) in [5, 5.41) is 0. The molecule has 110 valence electrons. The molecule has 0 unspecified atom stereocenters. The van der Waals surface area contributed by atoms with Crippen LogP contribution in [0.4, 0.5) is 5.69 Å². The highest BCUT2D eigenvalue weighted by Crippen LogP contribution is 2.24. The second kappa shape index (κ2) is 6.61. The number of hydrogen-bond donors (Lipinski definition) is 1. The Hall–Kier alpha value is -1.75. The first-order valence-electron chi connectivity index (χ1n) is 6.87. The van der Waals surface area contributed by atoms with Crippen molar-refractivity contribution in [2.24, 2.45) is 5.92 Å². The molecule has 1 aliphatic rings. The van der Waals surface area contributed by atoms with E-state index in [0.717, 1.165) is 32.5 Å². The van der Waals surface area contributed by atoms with Crippen LogP contribution >= 0.6 is 0 Å². The van der Waals surface area contributed by atoms with Crippen LogP contribution < -0.4 is 10.5 Å². The van der Waals surface area contributed by atoms with Crippen molar-refractivity contribution in [2.75, 3.05) is 39.6 Å². The van der Waals surface area contributed by atoms with E-state index in [1.165, 1.54) is 0 Å². The van der Waals surface area contributed by atoms with E-state index in [9.17, 15) is 4.79 Å². The standard InChI is InChI=1S/C15H22N2O3/c1-19-10-11-5-7-17(8-6-11)15(18)12-3-4-13(16)14(9-12)20-2/h3-4,9,11H,5-8,10,16H2,1-2H3. The molecule has 0 aromatic heterocycles. The summed E-state index contributed by atoms with van der Waals surface area (Å²) >= 11 is 0. The number of carbonyl (C=O) groups excluding carboxylic acids is 1. The van der Waals surface area contributed by atoms with Crippen molar-refractivity contribution in [3.8, 4) is 5.75 Å². The number of methoxy groups -OCH3 is 2. The molecule has 1 saturated heterocycles. The van der Waals surface area contributed by atoms with Gasteiger partial charge in [0.05, 0.1) is 12.8 Å². The van der Waals surface area contributed by atoms with Crippen molar-refractivity contribution in [1.82, 2.24) is 4.90 Å². The zero-order valence-corrected chi connectivity index (χ0v) is 12.1. The number of likely N-dealkylation sites (tertiary alicyclic amines) is 1. The van der Waals surface area contributed by atoms with Crippen LogP contribution in [-0.4, -0.2) is 44.7 Å². The first-order valence-corrected chi connectivity index (χ1v) is 6.87. The number of carbonyl (C=O) groups is 1. The SMILES string of the molecule is COCC1CCN(C(=O)c2ccc(N)c(OC)c2)CC1. The van der Waals surface area contributed by atoms with Crippen molar-refractivity contribution in [2.45, 2.75) is 12.8 Å². The molecule has 1 fully saturated rings. The number of piperidine rings is 1. The van der Waals surface area contributed by atoms with E-state index in [4.69, 9.17) is 15.2 Å². The lowest BCUT2D eigenvalue weighted by atomic mass is 9.97. The smallest absolute Gasteiger partial charge is 0.253 e. The van der Waals surface area contributed by atoms with Gasteiger partial charge in [-0.1, -0.05) is 0 Å². The van der Waals surface area contributed by atoms with Crippen molar-refractivity contribution in [1.29, 1.82) is 0 Å². The van der Waals surface area contributed by atoms with Gasteiger partial charge in [0.25, 0.3) is 5.91 Å². The zero-order chi connectivity index (χ0) is 14.5. The largest absolute Gasteiger partial charge is 0.495 e. The summed E-state index contributed by atoms with van der Waals surface area (Å²) in [6, 6.07) is 5.17. The zero-order valence-electron chi connectivity index (χ0n) is 12.1. The highest BCUT2D eigenvalue weighted by molar-refractivity contribution is 5.95. The summed E-state index contributed by atoms with van der Waals surface area (Å²) in [7, 11) is 3.27. The van der Waals surface area contributed by atoms with Crippen LogP contribution in [0, 0.1) is 5.92 Å². The molecule has 0 aliphatic carbocycles. The fraction of sp³-hybridized carbons (Fsp3) is 0.533. The molecule has 0 bridgehead atoms. The number of nitrogen functional groups attached to an aromatic ring is 1. The molecule has 1 aliphatic heterocycles. The van der Waals surface area contributed by atoms with E-state index in [1.54, 1.807) is 32.4 Å². The summed E-state index contributed by atoms with van der Waals surface area (Å²) in [6.07, 6.45) is 1.98. The quantitative estimate of drug-likeness (QED) is 0.853. The van der Waals surface area contributed by atoms with Crippen LogP contribution in [0.2, 0.25) is 0 Å². The number of ether oxygens (including phenoxy) is 2. The van der Waals surface area contributed by atoms with Crippen LogP contribution in [0.1, 0.15) is 23.2 Å². The van der Waals surface area contributed by atoms with Gasteiger partial charge in [-0.05, 0) is 37.0 Å². The maximum Gasteiger partial charge on any atom is 0.253 e. The average Bonchev–Trinajstić information content (AvgIpc) is 2.48. The Morgan fingerprint density at radius 2 is 2.05 bits per heavy atom. The molecule has 0 spiro atoms. The first kappa shape index (κ1) is 14.7. The summed E-state index contributed by atoms with van der Waals surface area (Å²) in [4.78, 5) is 14.3. The monoisotopic (exact) mass is 278 g/mol. The minimum absolute atomic E-state index is 0.0409. The van der Waals surface area contributed by atoms with Crippen molar-refractivity contribution in [3.05, 3.63) is 23.8 Å². The highest BCUT2D eigenvalue weighted by atomic mass is 16.5. The Morgan fingerprint density at radius 3 is 2.65 bits per heavy atom. The molecular weight excluding hydrogens is 256 g/mol. The van der Waals surface area contributed by atoms with Crippen molar-refractivity contribution < 1.29 is 14.3 Å². The minimum atomic E-state index is 0.0409. The lowest BCUT2D eigenvalue weighted by molar-refractivity contribution is 0.0613. The Labute approximate surface area is 119 Å². The molecule has 20 heavy (non-hydrogen) atoms. The predicted octanol–water partition coefficient (Wildman–Crippen LogP) is 1.78. The number of hydrogen-bond acceptors (Lipinski definition) is 4. The number of anilines is 1. The molecule has 0 saturated carbocycles. The molecule has 0 atom stereocenters. The molecule has 0 radical (unpaired) electrons. The molecule has 2 rings (SSSR count). The van der Waals surface area contributed by atoms with Gasteiger partial charge in [0, 0.05) is 32.4 Å². The maximum atomic E-state index is 12.4. The normalized spacial score (nSPS) is 16.2. The molecule has 1 amide bonds. The lowest BCUT2D eigenvalue weighted by Gasteiger charge is -2.31. The van der Waals surface area contributed by atoms with Gasteiger partial charge >= 0.3 is 0 Å². The van der Waals surface area contributed by atoms with Gasteiger partial charge in [-0.15, -0.1) is 0 Å². The number of nitrogens with two attached hydrogens (primary N) is 1. The fourth-order valence-corrected chi connectivity index (χ4v) is 2.57. The van der Waals surface area contributed by atoms with Crippen molar-refractivity contribution in [3.63, 3.8) is 0 Å². The third-order valence-electron chi connectivity index (χ3n) is 3.78. The molecule has 1 heterocycles. The maximum absolute atomic E-state index is 12.4. The first-order chi connectivity index (χ1) is 9.65. The predicted molar refractivity (Wildman–Crippen MR) is 77.9 cm³/mol. The van der Waals surface area contributed by atoms with Gasteiger partial charge in [-0.2, -0.15) is 0 Å². The molecule has 1 aromatic rings. The van der Waals surface area contributed by atoms with Crippen LogP contribution in [0.25, 0.3) is 0 Å². The van der Waals surface area contributed by atoms with E-state index < -0.39 is 0 Å². The van der Waals surface area contributed by atoms with E-state index in [-0.39, 0.29) is 5.91 Å². The third kappa shape index (κ3) is 3.22. The van der Waals surface area contributed by atoms with Crippen LogP contribution in [0.5, 0.6) is 5.75 Å². The van der Waals surface area contributed by atoms with Gasteiger partial charge in [0.1, 0.15) is 5.75 Å². The summed E-state index contributed by atoms with van der Waals surface area (Å²) < 4.78 is 10.3. The van der Waals surface area contributed by atoms with E-state index in [0.29, 0.717) is 22.9 Å². The lowest BCUT2D eigenvalue weighted by Crippen LogP contribution is -2.39. The van der Waals surface area contributed by atoms with Crippen LogP contribution in [-0.2, 0) is 4.74 Å². The third-order valence-corrected chi connectivity index (χ3v) is 3.78. The van der Waals surface area contributed by atoms with Gasteiger partial charge in [-0.25, -0.2) is 0 Å². The van der Waals surface area contributed by atoms with Crippen molar-refractivity contribution >= 4 is 11.6 Å². The molecular formula is C15H22N2O3. The van der Waals surface area contributed by atoms with Crippen LogP contribution in [0.3, 0.4) is 0 Å². The number of amides is 1. The molecule has 5 nitrogen and oxygen atoms in total. The van der Waals surface area contributed by atoms with Gasteiger partial charge in [-0.3, -0.25) is 4.79 Å². The van der Waals surface area contributed by atoms with E-state index in [1.807, 2.05) is 4.90 Å². The summed E-state index contributed by atoms with van der Waals surface area (Å²) in [5.74, 6) is 1.15. The van der Waals surface area contributed by atoms with E-state index >= 15 is 0 Å². The molecule has 5 heteroatoms. The van der Waals surface area contributed by atoms with Gasteiger partial charge in [0.15, 0.2) is 0 Å².